The fraction of sp³-hybridized carbons (Fsp3) is 0.333. The summed E-state index contributed by atoms with van der Waals surface area (Å²) in [5.41, 5.74) is 1.14. The molecule has 1 rings (SSSR count). The predicted octanol–water partition coefficient (Wildman–Crippen LogP) is -5.21. The van der Waals surface area contributed by atoms with E-state index in [0.717, 1.165) is 18.4 Å². The number of hydrogen-bond acceptors (Lipinski definition) is 1. The smallest absolute Gasteiger partial charge is 0.854 e. The minimum Gasteiger partial charge on any atom is -0.854 e. The van der Waals surface area contributed by atoms with Crippen molar-refractivity contribution in [3.8, 4) is 0 Å². The average molecular weight is 148 g/mol. The molecule has 54 valence electrons. The molecule has 0 amide bonds. The number of benzene rings is 1. The second-order valence-corrected chi connectivity index (χ2v) is 2.20. The molecular formula is C9H10Li2O. The first-order chi connectivity index (χ1) is 4.93. The summed E-state index contributed by atoms with van der Waals surface area (Å²) in [6.45, 7) is 0.0166. The molecule has 0 saturated heterocycles. The van der Waals surface area contributed by atoms with Crippen LogP contribution in [-0.2, 0) is 6.42 Å². The van der Waals surface area contributed by atoms with Gasteiger partial charge in [-0.05, 0) is 0 Å². The average Bonchev–Trinajstić information content (AvgIpc) is 2.03. The van der Waals surface area contributed by atoms with Crippen LogP contribution < -0.4 is 42.8 Å². The summed E-state index contributed by atoms with van der Waals surface area (Å²) in [4.78, 5) is 0. The van der Waals surface area contributed by atoms with Gasteiger partial charge in [-0.1, -0.05) is 12.8 Å². The van der Waals surface area contributed by atoms with Crippen LogP contribution in [0.4, 0.5) is 0 Å². The molecule has 0 aliphatic heterocycles. The van der Waals surface area contributed by atoms with E-state index in [2.05, 4.69) is 6.07 Å². The second-order valence-electron chi connectivity index (χ2n) is 2.20. The molecule has 0 fully saturated rings. The molecule has 0 saturated carbocycles. The first-order valence-electron chi connectivity index (χ1n) is 3.47. The van der Waals surface area contributed by atoms with Crippen molar-refractivity contribution in [3.63, 3.8) is 0 Å². The molecule has 0 aliphatic rings. The summed E-state index contributed by atoms with van der Waals surface area (Å²) in [7, 11) is 0. The molecule has 0 aromatic heterocycles. The van der Waals surface area contributed by atoms with Gasteiger partial charge < -0.3 is 5.11 Å². The van der Waals surface area contributed by atoms with Crippen LogP contribution in [-0.4, -0.2) is 6.61 Å². The zero-order valence-corrected chi connectivity index (χ0v) is 7.84. The maximum Gasteiger partial charge on any atom is 1.00 e. The molecule has 0 N–H and O–H groups in total. The van der Waals surface area contributed by atoms with E-state index in [1.165, 1.54) is 0 Å². The van der Waals surface area contributed by atoms with Crippen molar-refractivity contribution in [1.29, 1.82) is 0 Å². The van der Waals surface area contributed by atoms with Crippen molar-refractivity contribution in [2.45, 2.75) is 12.8 Å². The zero-order valence-electron chi connectivity index (χ0n) is 7.84. The third-order valence-corrected chi connectivity index (χ3v) is 1.36. The summed E-state index contributed by atoms with van der Waals surface area (Å²) in [5.74, 6) is 0. The van der Waals surface area contributed by atoms with Gasteiger partial charge in [-0.2, -0.15) is 35.9 Å². The summed E-state index contributed by atoms with van der Waals surface area (Å²) in [5, 5.41) is 10.1. The Morgan fingerprint density at radius 1 is 1.25 bits per heavy atom. The Hall–Kier alpha value is 0.375. The van der Waals surface area contributed by atoms with E-state index in [-0.39, 0.29) is 44.3 Å². The Morgan fingerprint density at radius 2 is 2.00 bits per heavy atom. The van der Waals surface area contributed by atoms with Gasteiger partial charge in [0.25, 0.3) is 0 Å². The molecule has 0 aliphatic carbocycles. The van der Waals surface area contributed by atoms with Crippen LogP contribution in [0.3, 0.4) is 0 Å². The van der Waals surface area contributed by atoms with Crippen molar-refractivity contribution in [3.05, 3.63) is 35.9 Å². The third kappa shape index (κ3) is 5.95. The van der Waals surface area contributed by atoms with E-state index in [1.54, 1.807) is 0 Å². The maximum absolute atomic E-state index is 10.1. The van der Waals surface area contributed by atoms with Crippen LogP contribution in [0, 0.1) is 6.07 Å². The maximum atomic E-state index is 10.1. The molecule has 1 aromatic carbocycles. The van der Waals surface area contributed by atoms with Crippen LogP contribution in [0.25, 0.3) is 0 Å². The molecule has 0 bridgehead atoms. The van der Waals surface area contributed by atoms with Crippen LogP contribution in [0.15, 0.2) is 24.3 Å². The van der Waals surface area contributed by atoms with Gasteiger partial charge in [-0.15, -0.1) is 6.61 Å². The van der Waals surface area contributed by atoms with E-state index >= 15 is 0 Å². The quantitative estimate of drug-likeness (QED) is 0.310. The van der Waals surface area contributed by atoms with Crippen molar-refractivity contribution in [2.24, 2.45) is 0 Å². The first kappa shape index (κ1) is 14.9. The van der Waals surface area contributed by atoms with Crippen LogP contribution in [0.1, 0.15) is 12.0 Å². The molecule has 1 aromatic rings. The topological polar surface area (TPSA) is 23.1 Å². The van der Waals surface area contributed by atoms with E-state index in [1.807, 2.05) is 24.3 Å². The van der Waals surface area contributed by atoms with Gasteiger partial charge in [0, 0.05) is 0 Å². The molecule has 0 spiro atoms. The first-order valence-corrected chi connectivity index (χ1v) is 3.47. The van der Waals surface area contributed by atoms with Gasteiger partial charge in [-0.3, -0.25) is 0 Å². The normalized spacial score (nSPS) is 8.08. The van der Waals surface area contributed by atoms with Gasteiger partial charge in [-0.25, -0.2) is 0 Å². The van der Waals surface area contributed by atoms with Gasteiger partial charge in [0.15, 0.2) is 0 Å². The van der Waals surface area contributed by atoms with Gasteiger partial charge >= 0.3 is 37.7 Å². The molecule has 1 nitrogen and oxygen atoms in total. The van der Waals surface area contributed by atoms with Gasteiger partial charge in [0.05, 0.1) is 0 Å². The second kappa shape index (κ2) is 9.46. The van der Waals surface area contributed by atoms with E-state index in [4.69, 9.17) is 0 Å². The summed E-state index contributed by atoms with van der Waals surface area (Å²) in [6, 6.07) is 10.8. The fourth-order valence-electron chi connectivity index (χ4n) is 0.849. The Kier molecular flexibility index (Phi) is 11.7. The van der Waals surface area contributed by atoms with Crippen LogP contribution >= 0.6 is 0 Å². The van der Waals surface area contributed by atoms with E-state index in [9.17, 15) is 5.11 Å². The Morgan fingerprint density at radius 3 is 2.50 bits per heavy atom. The van der Waals surface area contributed by atoms with Gasteiger partial charge in [0.1, 0.15) is 0 Å². The van der Waals surface area contributed by atoms with Crippen molar-refractivity contribution in [1.82, 2.24) is 0 Å². The van der Waals surface area contributed by atoms with E-state index < -0.39 is 0 Å². The third-order valence-electron chi connectivity index (χ3n) is 1.36. The number of aryl methyl sites for hydroxylation is 1. The minimum atomic E-state index is 0. The molecule has 3 heteroatoms. The zero-order chi connectivity index (χ0) is 7.23. The molecule has 0 radical (unpaired) electrons. The number of rotatable bonds is 3. The Labute approximate surface area is 97.9 Å². The van der Waals surface area contributed by atoms with Crippen molar-refractivity contribution >= 4 is 0 Å². The Bertz CT molecular complexity index is 177. The van der Waals surface area contributed by atoms with Crippen LogP contribution in [0.2, 0.25) is 0 Å². The van der Waals surface area contributed by atoms with Crippen molar-refractivity contribution in [2.75, 3.05) is 6.61 Å². The minimum absolute atomic E-state index is 0. The SMILES string of the molecule is [Li+].[Li+].[O-]CCCc1[c-]cccc1. The monoisotopic (exact) mass is 148 g/mol. The molecular weight excluding hydrogens is 138 g/mol. The summed E-state index contributed by atoms with van der Waals surface area (Å²) < 4.78 is 0. The van der Waals surface area contributed by atoms with Crippen LogP contribution in [0.5, 0.6) is 0 Å². The van der Waals surface area contributed by atoms with E-state index in [0.29, 0.717) is 0 Å². The predicted molar refractivity (Wildman–Crippen MR) is 38.5 cm³/mol. The molecule has 12 heavy (non-hydrogen) atoms. The molecule has 0 unspecified atom stereocenters. The van der Waals surface area contributed by atoms with Gasteiger partial charge in [0.2, 0.25) is 0 Å². The fourth-order valence-corrected chi connectivity index (χ4v) is 0.849. The molecule has 0 atom stereocenters. The molecule has 0 heterocycles. The summed E-state index contributed by atoms with van der Waals surface area (Å²) in [6.07, 6.45) is 1.59. The summed E-state index contributed by atoms with van der Waals surface area (Å²) >= 11 is 0. The largest absolute Gasteiger partial charge is 1.00 e. The standard InChI is InChI=1S/C9H10O.2Li/c10-8-4-7-9-5-2-1-3-6-9;;/h1-3,5H,4,7-8H2;;/q-2;2*+1. The number of hydrogen-bond donors (Lipinski definition) is 0. The van der Waals surface area contributed by atoms with Crippen molar-refractivity contribution < 1.29 is 42.8 Å². The Balaban J connectivity index is 0.